The van der Waals surface area contributed by atoms with Crippen molar-refractivity contribution in [1.29, 1.82) is 0 Å². The van der Waals surface area contributed by atoms with Crippen LogP contribution in [0.5, 0.6) is 0 Å². The summed E-state index contributed by atoms with van der Waals surface area (Å²) in [5, 5.41) is 6.52. The van der Waals surface area contributed by atoms with Crippen molar-refractivity contribution < 1.29 is 9.18 Å². The Morgan fingerprint density at radius 3 is 2.83 bits per heavy atom. The molecule has 18 heavy (non-hydrogen) atoms. The molecule has 1 aromatic heterocycles. The molecule has 1 heterocycles. The van der Waals surface area contributed by atoms with Crippen molar-refractivity contribution in [3.05, 3.63) is 45.4 Å². The maximum atomic E-state index is 13.5. The summed E-state index contributed by atoms with van der Waals surface area (Å²) in [4.78, 5) is 11.8. The number of benzene rings is 1. The summed E-state index contributed by atoms with van der Waals surface area (Å²) in [5.41, 5.74) is 0.131. The van der Waals surface area contributed by atoms with Crippen molar-refractivity contribution in [2.75, 3.05) is 5.32 Å². The zero-order chi connectivity index (χ0) is 13.3. The predicted octanol–water partition coefficient (Wildman–Crippen LogP) is 3.23. The van der Waals surface area contributed by atoms with Crippen LogP contribution in [0.1, 0.15) is 10.5 Å². The lowest BCUT2D eigenvalue weighted by molar-refractivity contribution is 0.102. The molecule has 1 aromatic carbocycles. The summed E-state index contributed by atoms with van der Waals surface area (Å²) >= 11 is 8.96. The summed E-state index contributed by atoms with van der Waals surface area (Å²) in [6.07, 6.45) is 1.49. The summed E-state index contributed by atoms with van der Waals surface area (Å²) in [6, 6.07) is 4.34. The van der Waals surface area contributed by atoms with Gasteiger partial charge in [0, 0.05) is 17.7 Å². The second kappa shape index (κ2) is 5.07. The highest BCUT2D eigenvalue weighted by Crippen LogP contribution is 2.21. The molecular formula is C11H8BrClFN3O. The van der Waals surface area contributed by atoms with Gasteiger partial charge < -0.3 is 5.32 Å². The monoisotopic (exact) mass is 331 g/mol. The molecule has 94 valence electrons. The van der Waals surface area contributed by atoms with Crippen LogP contribution in [0, 0.1) is 5.82 Å². The van der Waals surface area contributed by atoms with Crippen molar-refractivity contribution >= 4 is 39.1 Å². The molecule has 0 spiro atoms. The number of carbonyl (C=O) groups excluding carboxylic acids is 1. The van der Waals surface area contributed by atoms with E-state index in [0.717, 1.165) is 0 Å². The molecule has 0 bridgehead atoms. The molecule has 0 fully saturated rings. The largest absolute Gasteiger partial charge is 0.318 e. The minimum atomic E-state index is -0.554. The first-order valence-corrected chi connectivity index (χ1v) is 6.10. The predicted molar refractivity (Wildman–Crippen MR) is 70.3 cm³/mol. The van der Waals surface area contributed by atoms with Crippen molar-refractivity contribution in [2.24, 2.45) is 7.05 Å². The second-order valence-electron chi connectivity index (χ2n) is 3.58. The maximum absolute atomic E-state index is 13.5. The van der Waals surface area contributed by atoms with Crippen LogP contribution in [0.2, 0.25) is 5.02 Å². The van der Waals surface area contributed by atoms with Gasteiger partial charge >= 0.3 is 0 Å². The standard InChI is InChI=1S/C11H8BrClFN3O/c1-17-5-7(13)10(16-17)11(18)15-9-3-2-6(12)4-8(9)14/h2-5H,1H3,(H,15,18). The zero-order valence-corrected chi connectivity index (χ0v) is 11.6. The van der Waals surface area contributed by atoms with E-state index in [1.54, 1.807) is 13.1 Å². The minimum absolute atomic E-state index is 0.0569. The van der Waals surface area contributed by atoms with Crippen molar-refractivity contribution in [2.45, 2.75) is 0 Å². The third kappa shape index (κ3) is 2.70. The van der Waals surface area contributed by atoms with E-state index in [1.165, 1.54) is 23.0 Å². The van der Waals surface area contributed by atoms with Gasteiger partial charge in [-0.1, -0.05) is 27.5 Å². The highest BCUT2D eigenvalue weighted by atomic mass is 79.9. The molecule has 1 N–H and O–H groups in total. The number of anilines is 1. The van der Waals surface area contributed by atoms with Gasteiger partial charge in [0.1, 0.15) is 5.82 Å². The third-order valence-corrected chi connectivity index (χ3v) is 2.95. The Hall–Kier alpha value is -1.40. The molecular weight excluding hydrogens is 324 g/mol. The molecule has 0 aliphatic carbocycles. The van der Waals surface area contributed by atoms with Crippen LogP contribution in [0.25, 0.3) is 0 Å². The quantitative estimate of drug-likeness (QED) is 0.918. The van der Waals surface area contributed by atoms with Crippen LogP contribution >= 0.6 is 27.5 Å². The summed E-state index contributed by atoms with van der Waals surface area (Å²) < 4.78 is 15.5. The Balaban J connectivity index is 2.24. The van der Waals surface area contributed by atoms with Crippen molar-refractivity contribution in [3.8, 4) is 0 Å². The van der Waals surface area contributed by atoms with Crippen LogP contribution < -0.4 is 5.32 Å². The van der Waals surface area contributed by atoms with Crippen LogP contribution in [0.4, 0.5) is 10.1 Å². The molecule has 0 atom stereocenters. The van der Waals surface area contributed by atoms with E-state index < -0.39 is 11.7 Å². The maximum Gasteiger partial charge on any atom is 0.277 e. The number of nitrogens with zero attached hydrogens (tertiary/aromatic N) is 2. The molecule has 4 nitrogen and oxygen atoms in total. The first kappa shape index (κ1) is 13.0. The number of nitrogens with one attached hydrogen (secondary N) is 1. The van der Waals surface area contributed by atoms with E-state index in [-0.39, 0.29) is 16.4 Å². The summed E-state index contributed by atoms with van der Waals surface area (Å²) in [5.74, 6) is -1.09. The average molecular weight is 333 g/mol. The molecule has 0 radical (unpaired) electrons. The molecule has 2 aromatic rings. The van der Waals surface area contributed by atoms with E-state index >= 15 is 0 Å². The number of halogens is 3. The number of rotatable bonds is 2. The third-order valence-electron chi connectivity index (χ3n) is 2.18. The summed E-state index contributed by atoms with van der Waals surface area (Å²) in [7, 11) is 1.64. The SMILES string of the molecule is Cn1cc(Cl)c(C(=O)Nc2ccc(Br)cc2F)n1. The fraction of sp³-hybridized carbons (Fsp3) is 0.0909. The highest BCUT2D eigenvalue weighted by Gasteiger charge is 2.16. The number of aryl methyl sites for hydroxylation is 1. The number of carbonyl (C=O) groups is 1. The van der Waals surface area contributed by atoms with Gasteiger partial charge in [0.15, 0.2) is 5.69 Å². The molecule has 0 aliphatic rings. The lowest BCUT2D eigenvalue weighted by Crippen LogP contribution is -2.14. The van der Waals surface area contributed by atoms with Crippen LogP contribution in [-0.2, 0) is 7.05 Å². The molecule has 0 saturated carbocycles. The number of aromatic nitrogens is 2. The fourth-order valence-corrected chi connectivity index (χ4v) is 1.98. The molecule has 7 heteroatoms. The lowest BCUT2D eigenvalue weighted by Gasteiger charge is -2.05. The minimum Gasteiger partial charge on any atom is -0.318 e. The van der Waals surface area contributed by atoms with E-state index in [1.807, 2.05) is 0 Å². The van der Waals surface area contributed by atoms with Gasteiger partial charge in [0.25, 0.3) is 5.91 Å². The van der Waals surface area contributed by atoms with Gasteiger partial charge in [-0.15, -0.1) is 0 Å². The van der Waals surface area contributed by atoms with Gasteiger partial charge in [-0.3, -0.25) is 9.48 Å². The molecule has 2 rings (SSSR count). The highest BCUT2D eigenvalue weighted by molar-refractivity contribution is 9.10. The van der Waals surface area contributed by atoms with Crippen LogP contribution in [-0.4, -0.2) is 15.7 Å². The Kier molecular flexibility index (Phi) is 3.68. The molecule has 0 saturated heterocycles. The Bertz CT molecular complexity index is 614. The lowest BCUT2D eigenvalue weighted by atomic mass is 10.3. The Morgan fingerprint density at radius 1 is 1.56 bits per heavy atom. The van der Waals surface area contributed by atoms with E-state index in [9.17, 15) is 9.18 Å². The van der Waals surface area contributed by atoms with E-state index in [2.05, 4.69) is 26.3 Å². The summed E-state index contributed by atoms with van der Waals surface area (Å²) in [6.45, 7) is 0. The smallest absolute Gasteiger partial charge is 0.277 e. The van der Waals surface area contributed by atoms with Gasteiger partial charge in [0.05, 0.1) is 10.7 Å². The number of hydrogen-bond acceptors (Lipinski definition) is 2. The number of hydrogen-bond donors (Lipinski definition) is 1. The Morgan fingerprint density at radius 2 is 2.28 bits per heavy atom. The topological polar surface area (TPSA) is 46.9 Å². The van der Waals surface area contributed by atoms with E-state index in [0.29, 0.717) is 4.47 Å². The van der Waals surface area contributed by atoms with Crippen LogP contribution in [0.3, 0.4) is 0 Å². The van der Waals surface area contributed by atoms with Gasteiger partial charge in [-0.2, -0.15) is 5.10 Å². The Labute approximate surface area is 116 Å². The van der Waals surface area contributed by atoms with Gasteiger partial charge in [-0.05, 0) is 18.2 Å². The molecule has 1 amide bonds. The normalized spacial score (nSPS) is 10.4. The van der Waals surface area contributed by atoms with Crippen LogP contribution in [0.15, 0.2) is 28.9 Å². The first-order valence-electron chi connectivity index (χ1n) is 4.93. The van der Waals surface area contributed by atoms with Crippen molar-refractivity contribution in [1.82, 2.24) is 9.78 Å². The first-order chi connectivity index (χ1) is 8.47. The van der Waals surface area contributed by atoms with Crippen molar-refractivity contribution in [3.63, 3.8) is 0 Å². The molecule has 0 aliphatic heterocycles. The zero-order valence-electron chi connectivity index (χ0n) is 9.25. The van der Waals surface area contributed by atoms with E-state index in [4.69, 9.17) is 11.6 Å². The van der Waals surface area contributed by atoms with Gasteiger partial charge in [0.2, 0.25) is 0 Å². The fourth-order valence-electron chi connectivity index (χ4n) is 1.39. The van der Waals surface area contributed by atoms with Gasteiger partial charge in [-0.25, -0.2) is 4.39 Å². The second-order valence-corrected chi connectivity index (χ2v) is 4.90. The average Bonchev–Trinajstić information content (AvgIpc) is 2.62. The molecule has 0 unspecified atom stereocenters. The number of amides is 1.